The van der Waals surface area contributed by atoms with Crippen LogP contribution in [-0.4, -0.2) is 20.7 Å². The molecule has 138 valence electrons. The molecule has 1 amide bonds. The number of aromatic nitrogens is 3. The fourth-order valence-corrected chi connectivity index (χ4v) is 4.19. The van der Waals surface area contributed by atoms with E-state index < -0.39 is 0 Å². The van der Waals surface area contributed by atoms with Gasteiger partial charge >= 0.3 is 0 Å². The van der Waals surface area contributed by atoms with Crippen molar-refractivity contribution in [2.45, 2.75) is 52.6 Å². The van der Waals surface area contributed by atoms with Crippen LogP contribution in [0.15, 0.2) is 36.0 Å². The van der Waals surface area contributed by atoms with Crippen molar-refractivity contribution in [1.29, 1.82) is 0 Å². The molecule has 1 N–H and O–H groups in total. The molecule has 5 nitrogen and oxygen atoms in total. The number of nitrogens with zero attached hydrogens (tertiary/aromatic N) is 3. The Labute approximate surface area is 158 Å². The Morgan fingerprint density at radius 1 is 1.27 bits per heavy atom. The third kappa shape index (κ3) is 3.65. The molecular formula is C20H26N4OS. The van der Waals surface area contributed by atoms with Gasteiger partial charge in [0.15, 0.2) is 5.65 Å². The number of hydrogen-bond donors (Lipinski definition) is 1. The van der Waals surface area contributed by atoms with Crippen molar-refractivity contribution in [2.24, 2.45) is 5.92 Å². The number of pyridine rings is 1. The molecule has 0 spiro atoms. The largest absolute Gasteiger partial charge is 0.344 e. The molecule has 3 aromatic rings. The number of amides is 1. The lowest BCUT2D eigenvalue weighted by atomic mass is 9.92. The highest BCUT2D eigenvalue weighted by Crippen LogP contribution is 2.30. The van der Waals surface area contributed by atoms with Crippen LogP contribution in [0.2, 0.25) is 0 Å². The average molecular weight is 371 g/mol. The van der Waals surface area contributed by atoms with Crippen LogP contribution in [0.4, 0.5) is 0 Å². The molecule has 3 rings (SSSR count). The van der Waals surface area contributed by atoms with Gasteiger partial charge in [-0.3, -0.25) is 4.79 Å². The molecule has 0 aromatic carbocycles. The second-order valence-electron chi connectivity index (χ2n) is 6.86. The van der Waals surface area contributed by atoms with E-state index in [-0.39, 0.29) is 18.0 Å². The van der Waals surface area contributed by atoms with E-state index in [2.05, 4.69) is 54.5 Å². The van der Waals surface area contributed by atoms with Gasteiger partial charge in [0.2, 0.25) is 0 Å². The van der Waals surface area contributed by atoms with Crippen LogP contribution in [0, 0.1) is 5.92 Å². The first kappa shape index (κ1) is 18.6. The van der Waals surface area contributed by atoms with Crippen LogP contribution in [0.1, 0.15) is 67.9 Å². The molecule has 0 aliphatic rings. The zero-order valence-electron chi connectivity index (χ0n) is 15.8. The predicted octanol–water partition coefficient (Wildman–Crippen LogP) is 4.98. The Kier molecular flexibility index (Phi) is 5.71. The molecule has 0 saturated carbocycles. The van der Waals surface area contributed by atoms with Gasteiger partial charge in [-0.2, -0.15) is 5.10 Å². The van der Waals surface area contributed by atoms with Gasteiger partial charge in [-0.15, -0.1) is 11.3 Å². The van der Waals surface area contributed by atoms with E-state index in [1.807, 2.05) is 16.8 Å². The second-order valence-corrected chi connectivity index (χ2v) is 7.84. The van der Waals surface area contributed by atoms with Gasteiger partial charge in [0, 0.05) is 22.5 Å². The molecule has 0 aliphatic carbocycles. The number of nitrogens with one attached hydrogen (secondary N) is 1. The summed E-state index contributed by atoms with van der Waals surface area (Å²) in [5.74, 6) is 0.333. The lowest BCUT2D eigenvalue weighted by molar-refractivity contribution is 0.0920. The van der Waals surface area contributed by atoms with Crippen molar-refractivity contribution < 1.29 is 4.79 Å². The molecule has 0 fully saturated rings. The van der Waals surface area contributed by atoms with Crippen molar-refractivity contribution in [3.8, 4) is 0 Å². The molecule has 26 heavy (non-hydrogen) atoms. The van der Waals surface area contributed by atoms with E-state index in [0.29, 0.717) is 11.5 Å². The Morgan fingerprint density at radius 3 is 2.65 bits per heavy atom. The summed E-state index contributed by atoms with van der Waals surface area (Å²) >= 11 is 1.69. The zero-order chi connectivity index (χ0) is 18.7. The highest BCUT2D eigenvalue weighted by atomic mass is 32.1. The van der Waals surface area contributed by atoms with Gasteiger partial charge in [-0.05, 0) is 37.3 Å². The Bertz CT molecular complexity index is 865. The fraction of sp³-hybridized carbons (Fsp3) is 0.450. The van der Waals surface area contributed by atoms with Crippen molar-refractivity contribution in [1.82, 2.24) is 20.1 Å². The second kappa shape index (κ2) is 7.99. The predicted molar refractivity (Wildman–Crippen MR) is 107 cm³/mol. The molecule has 0 aliphatic heterocycles. The number of thiophene rings is 1. The van der Waals surface area contributed by atoms with E-state index in [0.717, 1.165) is 23.9 Å². The number of rotatable bonds is 7. The lowest BCUT2D eigenvalue weighted by Crippen LogP contribution is -2.32. The normalized spacial score (nSPS) is 12.8. The first-order valence-corrected chi connectivity index (χ1v) is 10.1. The topological polar surface area (TPSA) is 59.8 Å². The Hall–Kier alpha value is -2.21. The third-order valence-electron chi connectivity index (χ3n) is 4.84. The van der Waals surface area contributed by atoms with Crippen LogP contribution < -0.4 is 5.32 Å². The maximum absolute atomic E-state index is 12.9. The van der Waals surface area contributed by atoms with Crippen molar-refractivity contribution in [2.75, 3.05) is 0 Å². The van der Waals surface area contributed by atoms with Gasteiger partial charge in [-0.1, -0.05) is 32.8 Å². The summed E-state index contributed by atoms with van der Waals surface area (Å²) < 4.78 is 1.87. The third-order valence-corrected chi connectivity index (χ3v) is 5.80. The number of fused-ring (bicyclic) bond motifs is 1. The maximum Gasteiger partial charge on any atom is 0.253 e. The van der Waals surface area contributed by atoms with Gasteiger partial charge in [0.25, 0.3) is 5.91 Å². The first-order chi connectivity index (χ1) is 12.5. The monoisotopic (exact) mass is 370 g/mol. The molecule has 3 heterocycles. The SMILES string of the molecule is CCC(CC)C(NC(=O)c1cnc2c(cnn2C(C)C)c1)c1cccs1. The molecule has 0 saturated heterocycles. The number of carbonyl (C=O) groups excluding carboxylic acids is 1. The first-order valence-electron chi connectivity index (χ1n) is 9.22. The molecule has 6 heteroatoms. The molecule has 1 atom stereocenters. The summed E-state index contributed by atoms with van der Waals surface area (Å²) in [5.41, 5.74) is 1.39. The quantitative estimate of drug-likeness (QED) is 0.638. The van der Waals surface area contributed by atoms with E-state index in [4.69, 9.17) is 0 Å². The number of carbonyl (C=O) groups is 1. The fourth-order valence-electron chi connectivity index (χ4n) is 3.32. The van der Waals surface area contributed by atoms with E-state index in [1.54, 1.807) is 23.7 Å². The Morgan fingerprint density at radius 2 is 2.04 bits per heavy atom. The van der Waals surface area contributed by atoms with Crippen molar-refractivity contribution in [3.63, 3.8) is 0 Å². The van der Waals surface area contributed by atoms with Crippen LogP contribution in [0.3, 0.4) is 0 Å². The summed E-state index contributed by atoms with van der Waals surface area (Å²) in [4.78, 5) is 18.6. The minimum atomic E-state index is -0.0815. The Balaban J connectivity index is 1.86. The van der Waals surface area contributed by atoms with E-state index >= 15 is 0 Å². The smallest absolute Gasteiger partial charge is 0.253 e. The molecule has 0 radical (unpaired) electrons. The van der Waals surface area contributed by atoms with E-state index in [9.17, 15) is 4.79 Å². The van der Waals surface area contributed by atoms with Gasteiger partial charge < -0.3 is 5.32 Å². The summed E-state index contributed by atoms with van der Waals surface area (Å²) in [6.45, 7) is 8.48. The summed E-state index contributed by atoms with van der Waals surface area (Å²) in [7, 11) is 0. The van der Waals surface area contributed by atoms with Crippen molar-refractivity contribution in [3.05, 3.63) is 46.4 Å². The van der Waals surface area contributed by atoms with Gasteiger partial charge in [0.05, 0.1) is 17.8 Å². The van der Waals surface area contributed by atoms with Crippen LogP contribution in [0.5, 0.6) is 0 Å². The zero-order valence-corrected chi connectivity index (χ0v) is 16.6. The molecule has 0 bridgehead atoms. The highest BCUT2D eigenvalue weighted by molar-refractivity contribution is 7.10. The van der Waals surface area contributed by atoms with Gasteiger partial charge in [-0.25, -0.2) is 9.67 Å². The average Bonchev–Trinajstić information content (AvgIpc) is 3.30. The lowest BCUT2D eigenvalue weighted by Gasteiger charge is -2.25. The maximum atomic E-state index is 12.9. The molecular weight excluding hydrogens is 344 g/mol. The van der Waals surface area contributed by atoms with Crippen LogP contribution in [-0.2, 0) is 0 Å². The summed E-state index contributed by atoms with van der Waals surface area (Å²) in [6, 6.07) is 6.28. The molecule has 1 unspecified atom stereocenters. The summed E-state index contributed by atoms with van der Waals surface area (Å²) in [6.07, 6.45) is 5.48. The minimum Gasteiger partial charge on any atom is -0.344 e. The highest BCUT2D eigenvalue weighted by Gasteiger charge is 2.24. The summed E-state index contributed by atoms with van der Waals surface area (Å²) in [5, 5.41) is 10.6. The molecule has 3 aromatic heterocycles. The van der Waals surface area contributed by atoms with E-state index in [1.165, 1.54) is 4.88 Å². The minimum absolute atomic E-state index is 0.0339. The van der Waals surface area contributed by atoms with Crippen LogP contribution in [0.25, 0.3) is 11.0 Å². The number of hydrogen-bond acceptors (Lipinski definition) is 4. The van der Waals surface area contributed by atoms with Crippen LogP contribution >= 0.6 is 11.3 Å². The van der Waals surface area contributed by atoms with Crippen molar-refractivity contribution >= 4 is 28.3 Å². The van der Waals surface area contributed by atoms with Gasteiger partial charge in [0.1, 0.15) is 0 Å². The standard InChI is InChI=1S/C20H26N4OS/c1-5-14(6-2)18(17-8-7-9-26-17)23-20(25)16-10-15-12-22-24(13(3)4)19(15)21-11-16/h7-14,18H,5-6H2,1-4H3,(H,23,25).